The van der Waals surface area contributed by atoms with Gasteiger partial charge >= 0.3 is 0 Å². The van der Waals surface area contributed by atoms with Crippen LogP contribution in [0.3, 0.4) is 0 Å². The fourth-order valence-electron chi connectivity index (χ4n) is 1.04. The molecule has 1 unspecified atom stereocenters. The molecule has 1 aromatic rings. The van der Waals surface area contributed by atoms with Crippen LogP contribution in [-0.4, -0.2) is 16.2 Å². The van der Waals surface area contributed by atoms with Crippen molar-refractivity contribution < 1.29 is 10.7 Å². The second-order valence-electron chi connectivity index (χ2n) is 3.18. The van der Waals surface area contributed by atoms with Crippen LogP contribution in [0.25, 0.3) is 0 Å². The van der Waals surface area contributed by atoms with E-state index in [9.17, 15) is 0 Å². The van der Waals surface area contributed by atoms with Crippen molar-refractivity contribution in [3.8, 4) is 0 Å². The maximum Gasteiger partial charge on any atom is 0.203 e. The monoisotopic (exact) mass is 216 g/mol. The summed E-state index contributed by atoms with van der Waals surface area (Å²) in [5.74, 6) is 0. The van der Waals surface area contributed by atoms with Crippen molar-refractivity contribution >= 4 is 23.0 Å². The zero-order valence-corrected chi connectivity index (χ0v) is 9.04. The highest BCUT2D eigenvalue weighted by atomic mass is 35.5. The zero-order chi connectivity index (χ0) is 10.6. The summed E-state index contributed by atoms with van der Waals surface area (Å²) >= 11 is 5.75. The Morgan fingerprint density at radius 1 is 1.71 bits per heavy atom. The molecule has 0 fully saturated rings. The molecule has 0 amide bonds. The number of quaternary nitrogens is 1. The molecule has 0 bridgehead atoms. The molecule has 0 aliphatic rings. The zero-order valence-electron chi connectivity index (χ0n) is 8.29. The van der Waals surface area contributed by atoms with Gasteiger partial charge in [-0.1, -0.05) is 18.5 Å². The molecule has 0 spiro atoms. The van der Waals surface area contributed by atoms with E-state index in [2.05, 4.69) is 24.1 Å². The lowest BCUT2D eigenvalue weighted by atomic mass is 10.2. The van der Waals surface area contributed by atoms with E-state index in [1.54, 1.807) is 6.07 Å². The van der Waals surface area contributed by atoms with Gasteiger partial charge in [-0.25, -0.2) is 10.2 Å². The molecule has 0 saturated carbocycles. The molecule has 0 aromatic carbocycles. The van der Waals surface area contributed by atoms with E-state index in [0.29, 0.717) is 16.9 Å². The first-order chi connectivity index (χ1) is 6.67. The quantitative estimate of drug-likeness (QED) is 0.529. The van der Waals surface area contributed by atoms with Gasteiger partial charge in [0.25, 0.3) is 0 Å². The Morgan fingerprint density at radius 3 is 3.00 bits per heavy atom. The van der Waals surface area contributed by atoms with Crippen LogP contribution in [0.15, 0.2) is 12.3 Å². The highest BCUT2D eigenvalue weighted by molar-refractivity contribution is 6.29. The van der Waals surface area contributed by atoms with Gasteiger partial charge < -0.3 is 5.32 Å². The van der Waals surface area contributed by atoms with Crippen LogP contribution in [-0.2, 0) is 0 Å². The van der Waals surface area contributed by atoms with Gasteiger partial charge in [0.2, 0.25) is 5.69 Å². The molecule has 4 N–H and O–H groups in total. The molecule has 5 heteroatoms. The Labute approximate surface area is 88.3 Å². The molecule has 0 saturated heterocycles. The average molecular weight is 217 g/mol. The van der Waals surface area contributed by atoms with Crippen LogP contribution >= 0.6 is 11.6 Å². The van der Waals surface area contributed by atoms with Gasteiger partial charge in [0, 0.05) is 12.1 Å². The van der Waals surface area contributed by atoms with E-state index in [0.717, 1.165) is 17.6 Å². The van der Waals surface area contributed by atoms with E-state index >= 15 is 0 Å². The minimum atomic E-state index is 0.340. The first-order valence-electron chi connectivity index (χ1n) is 4.57. The van der Waals surface area contributed by atoms with E-state index in [1.165, 1.54) is 6.20 Å². The molecule has 0 radical (unpaired) electrons. The number of rotatable bonds is 4. The molecular formula is C9H15ClN3O+. The molecular weight excluding hydrogens is 202 g/mol. The van der Waals surface area contributed by atoms with Gasteiger partial charge in [0.1, 0.15) is 10.8 Å². The molecule has 1 aromatic heterocycles. The number of nitrogens with two attached hydrogens (primary N) is 1. The number of nitrogens with zero attached hydrogens (tertiary/aromatic N) is 1. The van der Waals surface area contributed by atoms with E-state index in [4.69, 9.17) is 16.8 Å². The molecule has 78 valence electrons. The van der Waals surface area contributed by atoms with Gasteiger partial charge in [0.15, 0.2) is 0 Å². The normalized spacial score (nSPS) is 12.6. The number of hydrogen-bond donors (Lipinski definition) is 3. The summed E-state index contributed by atoms with van der Waals surface area (Å²) in [5.41, 5.74) is 2.48. The van der Waals surface area contributed by atoms with Crippen LogP contribution in [0.2, 0.25) is 5.15 Å². The lowest BCUT2D eigenvalue weighted by Crippen LogP contribution is -2.74. The summed E-state index contributed by atoms with van der Waals surface area (Å²) in [5, 5.41) is 12.6. The molecule has 1 atom stereocenters. The van der Waals surface area contributed by atoms with Crippen LogP contribution < -0.4 is 10.8 Å². The molecule has 0 aliphatic carbocycles. The highest BCUT2D eigenvalue weighted by Crippen LogP contribution is 2.20. The van der Waals surface area contributed by atoms with E-state index in [1.807, 2.05) is 0 Å². The van der Waals surface area contributed by atoms with Crippen LogP contribution in [0.1, 0.15) is 20.3 Å². The topological polar surface area (TPSA) is 61.8 Å². The number of halogens is 1. The SMILES string of the molecule is CCC(C)Nc1cc(Cl)ncc1[NH2+]O. The van der Waals surface area contributed by atoms with Crippen LogP contribution in [0.4, 0.5) is 11.4 Å². The summed E-state index contributed by atoms with van der Waals surface area (Å²) in [4.78, 5) is 3.88. The fraction of sp³-hybridized carbons (Fsp3) is 0.444. The van der Waals surface area contributed by atoms with Crippen molar-refractivity contribution in [2.24, 2.45) is 0 Å². The van der Waals surface area contributed by atoms with Gasteiger partial charge in [-0.2, -0.15) is 5.48 Å². The smallest absolute Gasteiger partial charge is 0.203 e. The van der Waals surface area contributed by atoms with Crippen molar-refractivity contribution in [3.63, 3.8) is 0 Å². The second-order valence-corrected chi connectivity index (χ2v) is 3.56. The first-order valence-corrected chi connectivity index (χ1v) is 4.94. The molecule has 4 nitrogen and oxygen atoms in total. The Hall–Kier alpha value is -0.840. The third kappa shape index (κ3) is 2.83. The average Bonchev–Trinajstić information content (AvgIpc) is 2.18. The lowest BCUT2D eigenvalue weighted by molar-refractivity contribution is -0.825. The standard InChI is InChI=1S/C9H14ClN3O/c1-3-6(2)12-7-4-9(10)11-5-8(7)13-14/h4-6,13-14H,3H2,1-2H3,(H,11,12)/p+1. The summed E-state index contributed by atoms with van der Waals surface area (Å²) in [6.45, 7) is 4.15. The van der Waals surface area contributed by atoms with Crippen molar-refractivity contribution in [1.29, 1.82) is 0 Å². The Morgan fingerprint density at radius 2 is 2.43 bits per heavy atom. The van der Waals surface area contributed by atoms with Crippen LogP contribution in [0.5, 0.6) is 0 Å². The van der Waals surface area contributed by atoms with Crippen molar-refractivity contribution in [2.75, 3.05) is 5.32 Å². The predicted molar refractivity (Wildman–Crippen MR) is 56.0 cm³/mol. The largest absolute Gasteiger partial charge is 0.378 e. The van der Waals surface area contributed by atoms with Crippen molar-refractivity contribution in [3.05, 3.63) is 17.4 Å². The summed E-state index contributed by atoms with van der Waals surface area (Å²) in [6.07, 6.45) is 2.54. The minimum absolute atomic E-state index is 0.340. The summed E-state index contributed by atoms with van der Waals surface area (Å²) in [6, 6.07) is 2.04. The third-order valence-electron chi connectivity index (χ3n) is 2.05. The van der Waals surface area contributed by atoms with Gasteiger partial charge in [-0.15, -0.1) is 0 Å². The fourth-order valence-corrected chi connectivity index (χ4v) is 1.19. The third-order valence-corrected chi connectivity index (χ3v) is 2.26. The summed E-state index contributed by atoms with van der Waals surface area (Å²) in [7, 11) is 0. The Bertz CT molecular complexity index is 306. The number of anilines is 1. The molecule has 1 heterocycles. The van der Waals surface area contributed by atoms with E-state index in [-0.39, 0.29) is 0 Å². The van der Waals surface area contributed by atoms with Gasteiger partial charge in [-0.05, 0) is 13.3 Å². The van der Waals surface area contributed by atoms with Gasteiger partial charge in [-0.3, -0.25) is 0 Å². The summed E-state index contributed by atoms with van der Waals surface area (Å²) < 4.78 is 0. The lowest BCUT2D eigenvalue weighted by Gasteiger charge is -2.13. The maximum absolute atomic E-state index is 8.95. The molecule has 14 heavy (non-hydrogen) atoms. The Balaban J connectivity index is 2.87. The number of aromatic nitrogens is 1. The van der Waals surface area contributed by atoms with Crippen molar-refractivity contribution in [1.82, 2.24) is 4.98 Å². The number of nitrogens with one attached hydrogen (secondary N) is 1. The highest BCUT2D eigenvalue weighted by Gasteiger charge is 2.09. The van der Waals surface area contributed by atoms with Crippen molar-refractivity contribution in [2.45, 2.75) is 26.3 Å². The molecule has 0 aliphatic heterocycles. The first kappa shape index (κ1) is 11.2. The van der Waals surface area contributed by atoms with Crippen LogP contribution in [0, 0.1) is 0 Å². The Kier molecular flexibility index (Phi) is 4.13. The predicted octanol–water partition coefficient (Wildman–Crippen LogP) is 1.53. The number of pyridine rings is 1. The van der Waals surface area contributed by atoms with E-state index < -0.39 is 0 Å². The number of hydrogen-bond acceptors (Lipinski definition) is 3. The molecule has 1 rings (SSSR count). The minimum Gasteiger partial charge on any atom is -0.378 e. The van der Waals surface area contributed by atoms with Gasteiger partial charge in [0.05, 0.1) is 6.20 Å². The maximum atomic E-state index is 8.95. The second kappa shape index (κ2) is 5.14.